The van der Waals surface area contributed by atoms with E-state index >= 15 is 0 Å². The van der Waals surface area contributed by atoms with Crippen LogP contribution in [0.3, 0.4) is 0 Å². The third kappa shape index (κ3) is 3.72. The van der Waals surface area contributed by atoms with Crippen LogP contribution in [-0.4, -0.2) is 29.7 Å². The van der Waals surface area contributed by atoms with Crippen LogP contribution >= 0.6 is 0 Å². The molecular formula is C24H23N2O2+. The van der Waals surface area contributed by atoms with E-state index in [1.165, 1.54) is 0 Å². The second-order valence-electron chi connectivity index (χ2n) is 7.09. The van der Waals surface area contributed by atoms with Gasteiger partial charge in [-0.25, -0.2) is 4.57 Å². The summed E-state index contributed by atoms with van der Waals surface area (Å²) in [6.07, 6.45) is 5.98. The molecule has 28 heavy (non-hydrogen) atoms. The normalized spacial score (nSPS) is 14.6. The Hall–Kier alpha value is -3.27. The summed E-state index contributed by atoms with van der Waals surface area (Å²) in [4.78, 5) is 28.0. The zero-order valence-electron chi connectivity index (χ0n) is 15.7. The lowest BCUT2D eigenvalue weighted by Gasteiger charge is -2.30. The summed E-state index contributed by atoms with van der Waals surface area (Å²) < 4.78 is 2.22. The zero-order valence-corrected chi connectivity index (χ0v) is 15.7. The summed E-state index contributed by atoms with van der Waals surface area (Å²) in [5, 5.41) is 0. The second kappa shape index (κ2) is 8.17. The molecule has 4 heteroatoms. The summed E-state index contributed by atoms with van der Waals surface area (Å²) in [7, 11) is 0. The molecule has 4 nitrogen and oxygen atoms in total. The molecule has 1 saturated heterocycles. The average molecular weight is 371 g/mol. The summed E-state index contributed by atoms with van der Waals surface area (Å²) >= 11 is 0. The first-order valence-electron chi connectivity index (χ1n) is 9.68. The number of aromatic nitrogens is 1. The quantitative estimate of drug-likeness (QED) is 0.519. The van der Waals surface area contributed by atoms with Crippen LogP contribution in [0.15, 0.2) is 85.2 Å². The molecule has 1 aromatic heterocycles. The first-order chi connectivity index (χ1) is 13.7. The van der Waals surface area contributed by atoms with E-state index in [4.69, 9.17) is 0 Å². The van der Waals surface area contributed by atoms with Crippen LogP contribution in [0.1, 0.15) is 45.2 Å². The minimum absolute atomic E-state index is 0.0589. The molecule has 1 aliphatic rings. The Balaban J connectivity index is 1.51. The second-order valence-corrected chi connectivity index (χ2v) is 7.09. The molecule has 1 fully saturated rings. The SMILES string of the molecule is O=C(c1ccccc1)c1ccccc1C(=O)N1CCC([n+]2ccccc2)CC1. The van der Waals surface area contributed by atoms with Crippen molar-refractivity contribution in [3.63, 3.8) is 0 Å². The van der Waals surface area contributed by atoms with E-state index in [0.29, 0.717) is 35.8 Å². The zero-order chi connectivity index (χ0) is 19.3. The van der Waals surface area contributed by atoms with Crippen LogP contribution in [-0.2, 0) is 0 Å². The van der Waals surface area contributed by atoms with Crippen LogP contribution in [0.5, 0.6) is 0 Å². The van der Waals surface area contributed by atoms with Crippen molar-refractivity contribution >= 4 is 11.7 Å². The number of carbonyl (C=O) groups is 2. The number of hydrogen-bond acceptors (Lipinski definition) is 2. The van der Waals surface area contributed by atoms with Crippen molar-refractivity contribution in [2.45, 2.75) is 18.9 Å². The third-order valence-corrected chi connectivity index (χ3v) is 5.35. The first kappa shape index (κ1) is 18.1. The van der Waals surface area contributed by atoms with Gasteiger partial charge in [0.15, 0.2) is 24.2 Å². The number of amides is 1. The standard InChI is InChI=1S/C24H23N2O2/c27-23(19-9-3-1-4-10-19)21-11-5-6-12-22(21)24(28)26-17-13-20(14-18-26)25-15-7-2-8-16-25/h1-12,15-16,20H,13-14,17-18H2/q+1. The van der Waals surface area contributed by atoms with E-state index in [9.17, 15) is 9.59 Å². The van der Waals surface area contributed by atoms with Gasteiger partial charge in [-0.15, -0.1) is 0 Å². The van der Waals surface area contributed by atoms with Gasteiger partial charge in [0.2, 0.25) is 0 Å². The van der Waals surface area contributed by atoms with Crippen LogP contribution < -0.4 is 4.57 Å². The van der Waals surface area contributed by atoms with Crippen molar-refractivity contribution in [2.75, 3.05) is 13.1 Å². The van der Waals surface area contributed by atoms with Gasteiger partial charge in [0.25, 0.3) is 5.91 Å². The molecule has 0 radical (unpaired) electrons. The predicted octanol–water partition coefficient (Wildman–Crippen LogP) is 3.68. The van der Waals surface area contributed by atoms with Crippen molar-refractivity contribution in [3.05, 3.63) is 102 Å². The maximum atomic E-state index is 13.2. The van der Waals surface area contributed by atoms with Gasteiger partial charge in [-0.2, -0.15) is 0 Å². The smallest absolute Gasteiger partial charge is 0.254 e. The summed E-state index contributed by atoms with van der Waals surface area (Å²) in [6.45, 7) is 1.39. The Kier molecular flexibility index (Phi) is 5.29. The van der Waals surface area contributed by atoms with E-state index in [1.54, 1.807) is 24.3 Å². The maximum absolute atomic E-state index is 13.2. The van der Waals surface area contributed by atoms with E-state index in [-0.39, 0.29) is 11.7 Å². The number of hydrogen-bond donors (Lipinski definition) is 0. The first-order valence-corrected chi connectivity index (χ1v) is 9.68. The number of benzene rings is 2. The van der Waals surface area contributed by atoms with Crippen molar-refractivity contribution in [1.29, 1.82) is 0 Å². The predicted molar refractivity (Wildman–Crippen MR) is 107 cm³/mol. The number of nitrogens with zero attached hydrogens (tertiary/aromatic N) is 2. The van der Waals surface area contributed by atoms with Gasteiger partial charge in [0.05, 0.1) is 5.56 Å². The Labute approximate surface area is 165 Å². The van der Waals surface area contributed by atoms with Crippen LogP contribution in [0.4, 0.5) is 0 Å². The number of likely N-dealkylation sites (tertiary alicyclic amines) is 1. The van der Waals surface area contributed by atoms with Gasteiger partial charge < -0.3 is 4.90 Å². The van der Waals surface area contributed by atoms with Crippen molar-refractivity contribution in [3.8, 4) is 0 Å². The molecule has 0 atom stereocenters. The maximum Gasteiger partial charge on any atom is 0.254 e. The van der Waals surface area contributed by atoms with Crippen LogP contribution in [0, 0.1) is 0 Å². The Morgan fingerprint density at radius 3 is 2.00 bits per heavy atom. The molecule has 3 aromatic rings. The average Bonchev–Trinajstić information content (AvgIpc) is 2.79. The lowest BCUT2D eigenvalue weighted by molar-refractivity contribution is -0.725. The Morgan fingerprint density at radius 1 is 0.750 bits per heavy atom. The van der Waals surface area contributed by atoms with Crippen molar-refractivity contribution in [1.82, 2.24) is 4.90 Å². The van der Waals surface area contributed by atoms with Crippen LogP contribution in [0.2, 0.25) is 0 Å². The highest BCUT2D eigenvalue weighted by Crippen LogP contribution is 2.22. The lowest BCUT2D eigenvalue weighted by atomic mass is 9.96. The van der Waals surface area contributed by atoms with Crippen molar-refractivity contribution < 1.29 is 14.2 Å². The molecule has 0 unspecified atom stereocenters. The molecule has 0 spiro atoms. The minimum Gasteiger partial charge on any atom is -0.338 e. The number of piperidine rings is 1. The van der Waals surface area contributed by atoms with Gasteiger partial charge in [-0.05, 0) is 6.07 Å². The van der Waals surface area contributed by atoms with Gasteiger partial charge >= 0.3 is 0 Å². The summed E-state index contributed by atoms with van der Waals surface area (Å²) in [5.74, 6) is -0.171. The third-order valence-electron chi connectivity index (χ3n) is 5.35. The van der Waals surface area contributed by atoms with Gasteiger partial charge in [0, 0.05) is 49.2 Å². The molecule has 140 valence electrons. The molecule has 1 aliphatic heterocycles. The van der Waals surface area contributed by atoms with E-state index in [2.05, 4.69) is 17.0 Å². The molecule has 0 N–H and O–H groups in total. The summed E-state index contributed by atoms with van der Waals surface area (Å²) in [5.41, 5.74) is 1.56. The Bertz CT molecular complexity index is 962. The fourth-order valence-electron chi connectivity index (χ4n) is 3.81. The largest absolute Gasteiger partial charge is 0.338 e. The molecule has 2 heterocycles. The highest BCUT2D eigenvalue weighted by Gasteiger charge is 2.30. The van der Waals surface area contributed by atoms with E-state index in [1.807, 2.05) is 53.4 Å². The fourth-order valence-corrected chi connectivity index (χ4v) is 3.81. The van der Waals surface area contributed by atoms with Gasteiger partial charge in [-0.1, -0.05) is 54.6 Å². The number of ketones is 1. The lowest BCUT2D eigenvalue weighted by Crippen LogP contribution is -2.47. The van der Waals surface area contributed by atoms with E-state index in [0.717, 1.165) is 12.8 Å². The Morgan fingerprint density at radius 2 is 1.32 bits per heavy atom. The molecule has 0 saturated carbocycles. The van der Waals surface area contributed by atoms with Crippen LogP contribution in [0.25, 0.3) is 0 Å². The van der Waals surface area contributed by atoms with Gasteiger partial charge in [-0.3, -0.25) is 9.59 Å². The molecule has 2 aromatic carbocycles. The number of rotatable bonds is 4. The molecule has 0 bridgehead atoms. The fraction of sp³-hybridized carbons (Fsp3) is 0.208. The van der Waals surface area contributed by atoms with Gasteiger partial charge in [0.1, 0.15) is 0 Å². The molecule has 4 rings (SSSR count). The monoisotopic (exact) mass is 371 g/mol. The van der Waals surface area contributed by atoms with E-state index < -0.39 is 0 Å². The molecule has 0 aliphatic carbocycles. The highest BCUT2D eigenvalue weighted by molar-refractivity contribution is 6.15. The number of pyridine rings is 1. The molecular weight excluding hydrogens is 348 g/mol. The number of carbonyl (C=O) groups excluding carboxylic acids is 2. The highest BCUT2D eigenvalue weighted by atomic mass is 16.2. The topological polar surface area (TPSA) is 41.3 Å². The van der Waals surface area contributed by atoms with Crippen molar-refractivity contribution in [2.24, 2.45) is 0 Å². The summed E-state index contributed by atoms with van der Waals surface area (Å²) in [6, 6.07) is 22.7. The molecule has 1 amide bonds. The minimum atomic E-state index is -0.112.